The van der Waals surface area contributed by atoms with Gasteiger partial charge in [-0.05, 0) is 47.0 Å². The van der Waals surface area contributed by atoms with E-state index in [4.69, 9.17) is 9.15 Å². The summed E-state index contributed by atoms with van der Waals surface area (Å²) in [5.74, 6) is 0.877. The van der Waals surface area contributed by atoms with Gasteiger partial charge in [-0.2, -0.15) is 0 Å². The Kier molecular flexibility index (Phi) is 3.57. The van der Waals surface area contributed by atoms with Crippen LogP contribution in [-0.2, 0) is 6.61 Å². The van der Waals surface area contributed by atoms with E-state index in [1.54, 1.807) is 6.26 Å². The van der Waals surface area contributed by atoms with Gasteiger partial charge in [0.2, 0.25) is 0 Å². The van der Waals surface area contributed by atoms with Crippen LogP contribution in [0.3, 0.4) is 0 Å². The topological polar surface area (TPSA) is 22.4 Å². The van der Waals surface area contributed by atoms with Gasteiger partial charge in [-0.25, -0.2) is 0 Å². The molecule has 2 nitrogen and oxygen atoms in total. The number of hydrogen-bond acceptors (Lipinski definition) is 2. The average Bonchev–Trinajstić information content (AvgIpc) is 3.09. The Morgan fingerprint density at radius 3 is 2.35 bits per heavy atom. The third kappa shape index (κ3) is 2.97. The van der Waals surface area contributed by atoms with E-state index in [1.807, 2.05) is 42.5 Å². The minimum Gasteiger partial charge on any atom is -0.489 e. The SMILES string of the molecule is c1ccc(COc2ccc(-c3ccc4occc4c3)cc2)cc1. The van der Waals surface area contributed by atoms with Crippen molar-refractivity contribution in [3.8, 4) is 16.9 Å². The third-order valence-corrected chi connectivity index (χ3v) is 3.89. The van der Waals surface area contributed by atoms with Gasteiger partial charge < -0.3 is 9.15 Å². The summed E-state index contributed by atoms with van der Waals surface area (Å²) < 4.78 is 11.2. The van der Waals surface area contributed by atoms with Crippen molar-refractivity contribution < 1.29 is 9.15 Å². The second-order valence-electron chi connectivity index (χ2n) is 5.47. The number of ether oxygens (including phenoxy) is 1. The van der Waals surface area contributed by atoms with Crippen LogP contribution in [0.4, 0.5) is 0 Å². The largest absolute Gasteiger partial charge is 0.489 e. The van der Waals surface area contributed by atoms with Gasteiger partial charge in [0.25, 0.3) is 0 Å². The Bertz CT molecular complexity index is 905. The van der Waals surface area contributed by atoms with E-state index >= 15 is 0 Å². The minimum absolute atomic E-state index is 0.584. The zero-order valence-electron chi connectivity index (χ0n) is 12.6. The molecule has 23 heavy (non-hydrogen) atoms. The first-order valence-electron chi connectivity index (χ1n) is 7.63. The van der Waals surface area contributed by atoms with E-state index in [2.05, 4.69) is 36.4 Å². The highest BCUT2D eigenvalue weighted by molar-refractivity contribution is 5.83. The molecule has 0 amide bonds. The van der Waals surface area contributed by atoms with E-state index in [1.165, 1.54) is 16.7 Å². The quantitative estimate of drug-likeness (QED) is 0.484. The summed E-state index contributed by atoms with van der Waals surface area (Å²) in [7, 11) is 0. The summed E-state index contributed by atoms with van der Waals surface area (Å²) >= 11 is 0. The van der Waals surface area contributed by atoms with Crippen LogP contribution in [0.15, 0.2) is 89.5 Å². The normalized spacial score (nSPS) is 10.8. The molecular formula is C21H16O2. The monoisotopic (exact) mass is 300 g/mol. The first kappa shape index (κ1) is 13.6. The zero-order valence-corrected chi connectivity index (χ0v) is 12.6. The van der Waals surface area contributed by atoms with E-state index in [0.29, 0.717) is 6.61 Å². The number of fused-ring (bicyclic) bond motifs is 1. The van der Waals surface area contributed by atoms with Crippen LogP contribution in [0.1, 0.15) is 5.56 Å². The number of benzene rings is 3. The van der Waals surface area contributed by atoms with Crippen molar-refractivity contribution in [3.05, 3.63) is 90.7 Å². The number of furan rings is 1. The predicted molar refractivity (Wildman–Crippen MR) is 92.4 cm³/mol. The van der Waals surface area contributed by atoms with Gasteiger partial charge in [-0.15, -0.1) is 0 Å². The molecule has 4 aromatic rings. The van der Waals surface area contributed by atoms with E-state index in [0.717, 1.165) is 16.7 Å². The third-order valence-electron chi connectivity index (χ3n) is 3.89. The molecule has 0 spiro atoms. The van der Waals surface area contributed by atoms with Crippen molar-refractivity contribution in [2.45, 2.75) is 6.61 Å². The highest BCUT2D eigenvalue weighted by atomic mass is 16.5. The van der Waals surface area contributed by atoms with Crippen LogP contribution < -0.4 is 4.74 Å². The maximum atomic E-state index is 5.83. The van der Waals surface area contributed by atoms with Crippen LogP contribution in [0.2, 0.25) is 0 Å². The highest BCUT2D eigenvalue weighted by Gasteiger charge is 2.02. The summed E-state index contributed by atoms with van der Waals surface area (Å²) in [6.07, 6.45) is 1.72. The average molecular weight is 300 g/mol. The molecule has 1 heterocycles. The smallest absolute Gasteiger partial charge is 0.133 e. The number of rotatable bonds is 4. The zero-order chi connectivity index (χ0) is 15.5. The van der Waals surface area contributed by atoms with Crippen LogP contribution in [0.25, 0.3) is 22.1 Å². The van der Waals surface area contributed by atoms with Gasteiger partial charge in [0, 0.05) is 5.39 Å². The van der Waals surface area contributed by atoms with Crippen molar-refractivity contribution in [2.75, 3.05) is 0 Å². The summed E-state index contributed by atoms with van der Waals surface area (Å²) in [5, 5.41) is 1.12. The summed E-state index contributed by atoms with van der Waals surface area (Å²) in [6.45, 7) is 0.584. The molecule has 0 bridgehead atoms. The van der Waals surface area contributed by atoms with Crippen LogP contribution >= 0.6 is 0 Å². The Hall–Kier alpha value is -3.00. The van der Waals surface area contributed by atoms with Gasteiger partial charge in [0.15, 0.2) is 0 Å². The predicted octanol–water partition coefficient (Wildman–Crippen LogP) is 5.68. The van der Waals surface area contributed by atoms with E-state index in [-0.39, 0.29) is 0 Å². The fraction of sp³-hybridized carbons (Fsp3) is 0.0476. The fourth-order valence-electron chi connectivity index (χ4n) is 2.63. The van der Waals surface area contributed by atoms with Crippen molar-refractivity contribution in [1.29, 1.82) is 0 Å². The molecule has 0 radical (unpaired) electrons. The lowest BCUT2D eigenvalue weighted by molar-refractivity contribution is 0.306. The maximum Gasteiger partial charge on any atom is 0.133 e. The number of hydrogen-bond donors (Lipinski definition) is 0. The molecule has 0 fully saturated rings. The molecule has 0 aliphatic heterocycles. The van der Waals surface area contributed by atoms with Gasteiger partial charge in [-0.1, -0.05) is 48.5 Å². The van der Waals surface area contributed by atoms with Gasteiger partial charge in [0.1, 0.15) is 17.9 Å². The molecule has 0 unspecified atom stereocenters. The van der Waals surface area contributed by atoms with Gasteiger partial charge >= 0.3 is 0 Å². The van der Waals surface area contributed by atoms with Crippen molar-refractivity contribution in [3.63, 3.8) is 0 Å². The molecule has 1 aromatic heterocycles. The molecular weight excluding hydrogens is 284 g/mol. The molecule has 0 saturated heterocycles. The molecule has 0 saturated carbocycles. The standard InChI is InChI=1S/C21H16O2/c1-2-4-16(5-3-1)15-23-20-9-6-17(7-10-20)18-8-11-21-19(14-18)12-13-22-21/h1-14H,15H2. The molecule has 0 N–H and O–H groups in total. The van der Waals surface area contributed by atoms with Crippen LogP contribution in [0, 0.1) is 0 Å². The van der Waals surface area contributed by atoms with E-state index < -0.39 is 0 Å². The molecule has 0 aliphatic carbocycles. The first-order valence-corrected chi connectivity index (χ1v) is 7.63. The minimum atomic E-state index is 0.584. The summed E-state index contributed by atoms with van der Waals surface area (Å²) in [6, 6.07) is 26.6. The lowest BCUT2D eigenvalue weighted by Gasteiger charge is -2.07. The van der Waals surface area contributed by atoms with Gasteiger partial charge in [0.05, 0.1) is 6.26 Å². The second kappa shape index (κ2) is 6.01. The van der Waals surface area contributed by atoms with Crippen molar-refractivity contribution in [1.82, 2.24) is 0 Å². The van der Waals surface area contributed by atoms with Crippen molar-refractivity contribution >= 4 is 11.0 Å². The van der Waals surface area contributed by atoms with Crippen LogP contribution in [0.5, 0.6) is 5.75 Å². The fourth-order valence-corrected chi connectivity index (χ4v) is 2.63. The molecule has 0 aliphatic rings. The summed E-state index contributed by atoms with van der Waals surface area (Å²) in [5.41, 5.74) is 4.42. The Balaban J connectivity index is 1.51. The van der Waals surface area contributed by atoms with Crippen molar-refractivity contribution in [2.24, 2.45) is 0 Å². The second-order valence-corrected chi connectivity index (χ2v) is 5.47. The highest BCUT2D eigenvalue weighted by Crippen LogP contribution is 2.26. The Labute approximate surface area is 135 Å². The molecule has 0 atom stereocenters. The molecule has 3 aromatic carbocycles. The molecule has 112 valence electrons. The van der Waals surface area contributed by atoms with Gasteiger partial charge in [-0.3, -0.25) is 0 Å². The lowest BCUT2D eigenvalue weighted by atomic mass is 10.0. The molecule has 4 rings (SSSR count). The summed E-state index contributed by atoms with van der Waals surface area (Å²) in [4.78, 5) is 0. The van der Waals surface area contributed by atoms with E-state index in [9.17, 15) is 0 Å². The Morgan fingerprint density at radius 1 is 0.739 bits per heavy atom. The molecule has 2 heteroatoms. The first-order chi connectivity index (χ1) is 11.4. The lowest BCUT2D eigenvalue weighted by Crippen LogP contribution is -1.94. The maximum absolute atomic E-state index is 5.83. The van der Waals surface area contributed by atoms with Crippen LogP contribution in [-0.4, -0.2) is 0 Å². The Morgan fingerprint density at radius 2 is 1.52 bits per heavy atom.